The number of halogens is 1. The third kappa shape index (κ3) is 5.84. The average Bonchev–Trinajstić information content (AvgIpc) is 2.95. The molecular weight excluding hydrogens is 511 g/mol. The van der Waals surface area contributed by atoms with E-state index in [2.05, 4.69) is 16.4 Å². The van der Waals surface area contributed by atoms with Gasteiger partial charge in [0, 0.05) is 61.1 Å². The van der Waals surface area contributed by atoms with Gasteiger partial charge in [-0.05, 0) is 56.4 Å². The van der Waals surface area contributed by atoms with Crippen molar-refractivity contribution in [3.63, 3.8) is 0 Å². The molecule has 8 nitrogen and oxygen atoms in total. The van der Waals surface area contributed by atoms with Gasteiger partial charge in [0.05, 0.1) is 12.7 Å². The average molecular weight is 545 g/mol. The Kier molecular flexibility index (Phi) is 8.11. The number of pyridine rings is 2. The van der Waals surface area contributed by atoms with Crippen LogP contribution in [0.3, 0.4) is 0 Å². The van der Waals surface area contributed by atoms with Crippen LogP contribution in [0.1, 0.15) is 48.0 Å². The number of benzene rings is 1. The van der Waals surface area contributed by atoms with Crippen LogP contribution in [-0.2, 0) is 11.3 Å². The summed E-state index contributed by atoms with van der Waals surface area (Å²) in [4.78, 5) is 31.1. The molecule has 1 fully saturated rings. The van der Waals surface area contributed by atoms with Crippen LogP contribution in [-0.4, -0.2) is 35.8 Å². The largest absolute Gasteiger partial charge is 0.496 e. The van der Waals surface area contributed by atoms with E-state index in [-0.39, 0.29) is 34.0 Å². The van der Waals surface area contributed by atoms with E-state index in [0.29, 0.717) is 49.0 Å². The quantitative estimate of drug-likeness (QED) is 0.417. The number of anilines is 2. The molecule has 1 aliphatic heterocycles. The minimum absolute atomic E-state index is 0.0203. The van der Waals surface area contributed by atoms with Crippen molar-refractivity contribution in [3.8, 4) is 16.9 Å². The summed E-state index contributed by atoms with van der Waals surface area (Å²) in [5.41, 5.74) is 8.13. The van der Waals surface area contributed by atoms with Crippen molar-refractivity contribution in [2.24, 2.45) is 5.92 Å². The number of carbonyl (C=O) groups is 1. The van der Waals surface area contributed by atoms with Crippen LogP contribution in [0.5, 0.6) is 5.75 Å². The molecule has 40 heavy (non-hydrogen) atoms. The van der Waals surface area contributed by atoms with Gasteiger partial charge in [-0.2, -0.15) is 0 Å². The summed E-state index contributed by atoms with van der Waals surface area (Å²) in [5, 5.41) is 2.71. The lowest BCUT2D eigenvalue weighted by molar-refractivity contribution is 0.0611. The van der Waals surface area contributed by atoms with E-state index < -0.39 is 11.7 Å². The van der Waals surface area contributed by atoms with Crippen molar-refractivity contribution in [2.45, 2.75) is 38.6 Å². The molecule has 3 heterocycles. The number of amides is 1. The zero-order valence-electron chi connectivity index (χ0n) is 22.7. The van der Waals surface area contributed by atoms with E-state index in [1.165, 1.54) is 25.4 Å². The van der Waals surface area contributed by atoms with Crippen LogP contribution in [0, 0.1) is 11.7 Å². The third-order valence-electron chi connectivity index (χ3n) is 7.50. The van der Waals surface area contributed by atoms with Gasteiger partial charge in [-0.3, -0.25) is 9.59 Å². The summed E-state index contributed by atoms with van der Waals surface area (Å²) in [6.07, 6.45) is 13.6. The first kappa shape index (κ1) is 27.3. The molecular formula is C31H33FN4O4. The number of nitrogens with two attached hydrogens (primary N) is 1. The summed E-state index contributed by atoms with van der Waals surface area (Å²) < 4.78 is 28.0. The van der Waals surface area contributed by atoms with Crippen LogP contribution in [0.15, 0.2) is 71.5 Å². The van der Waals surface area contributed by atoms with Crippen molar-refractivity contribution in [1.82, 2.24) is 9.55 Å². The number of nitrogens with one attached hydrogen (secondary N) is 1. The molecule has 1 unspecified atom stereocenters. The van der Waals surface area contributed by atoms with Crippen LogP contribution < -0.4 is 21.2 Å². The Hall–Kier alpha value is -4.24. The number of hydrogen-bond donors (Lipinski definition) is 2. The highest BCUT2D eigenvalue weighted by Gasteiger charge is 2.23. The SMILES string of the molecule is COc1ccnc(N)c1-c1ccc(NC(=O)c2cn(CC3CCOCC3)cc(C3C=CC(C)=CC3)c2=O)cc1F. The summed E-state index contributed by atoms with van der Waals surface area (Å²) in [5.74, 6) is -0.435. The Morgan fingerprint density at radius 1 is 1.25 bits per heavy atom. The van der Waals surface area contributed by atoms with E-state index in [4.69, 9.17) is 15.2 Å². The monoisotopic (exact) mass is 544 g/mol. The van der Waals surface area contributed by atoms with Crippen molar-refractivity contribution in [3.05, 3.63) is 93.8 Å². The standard InChI is InChI=1S/C31H33FN4O4/c1-19-3-5-21(6-4-19)24-17-36(16-20-10-13-40-14-11-20)18-25(29(24)37)31(38)35-22-7-8-23(26(32)15-22)28-27(39-2)9-12-34-30(28)33/h3-5,7-9,12,15,17-18,20-21H,6,10-11,13-14,16H2,1-2H3,(H2,33,34)(H,35,38). The number of rotatable bonds is 7. The Labute approximate surface area is 232 Å². The maximum absolute atomic E-state index is 15.2. The zero-order chi connectivity index (χ0) is 28.2. The second kappa shape index (κ2) is 11.9. The number of carbonyl (C=O) groups excluding carboxylic acids is 1. The minimum Gasteiger partial charge on any atom is -0.496 e. The second-order valence-corrected chi connectivity index (χ2v) is 10.3. The van der Waals surface area contributed by atoms with Gasteiger partial charge in [0.25, 0.3) is 5.91 Å². The normalized spacial score (nSPS) is 17.4. The Balaban J connectivity index is 1.45. The lowest BCUT2D eigenvalue weighted by atomic mass is 9.90. The molecule has 1 saturated heterocycles. The maximum Gasteiger partial charge on any atom is 0.261 e. The van der Waals surface area contributed by atoms with Gasteiger partial charge < -0.3 is 25.1 Å². The van der Waals surface area contributed by atoms with Crippen molar-refractivity contribution in [2.75, 3.05) is 31.4 Å². The smallest absolute Gasteiger partial charge is 0.261 e. The molecule has 3 aromatic rings. The van der Waals surface area contributed by atoms with Crippen LogP contribution in [0.2, 0.25) is 0 Å². The lowest BCUT2D eigenvalue weighted by Gasteiger charge is -2.24. The summed E-state index contributed by atoms with van der Waals surface area (Å²) in [6.45, 7) is 4.11. The lowest BCUT2D eigenvalue weighted by Crippen LogP contribution is -2.29. The first-order chi connectivity index (χ1) is 19.3. The molecule has 1 aromatic carbocycles. The molecule has 1 atom stereocenters. The highest BCUT2D eigenvalue weighted by atomic mass is 19.1. The highest BCUT2D eigenvalue weighted by molar-refractivity contribution is 6.04. The van der Waals surface area contributed by atoms with Gasteiger partial charge >= 0.3 is 0 Å². The fourth-order valence-electron chi connectivity index (χ4n) is 5.27. The Morgan fingerprint density at radius 3 is 2.75 bits per heavy atom. The predicted molar refractivity (Wildman–Crippen MR) is 153 cm³/mol. The Morgan fingerprint density at radius 2 is 2.05 bits per heavy atom. The fourth-order valence-corrected chi connectivity index (χ4v) is 5.27. The topological polar surface area (TPSA) is 108 Å². The number of aromatic nitrogens is 2. The molecule has 0 spiro atoms. The number of allylic oxidation sites excluding steroid dienone is 4. The van der Waals surface area contributed by atoms with Gasteiger partial charge in [-0.1, -0.05) is 23.8 Å². The second-order valence-electron chi connectivity index (χ2n) is 10.3. The Bertz CT molecular complexity index is 1540. The zero-order valence-corrected chi connectivity index (χ0v) is 22.7. The van der Waals surface area contributed by atoms with Crippen molar-refractivity contribution >= 4 is 17.4 Å². The van der Waals surface area contributed by atoms with Gasteiger partial charge in [0.2, 0.25) is 0 Å². The summed E-state index contributed by atoms with van der Waals surface area (Å²) in [6, 6.07) is 5.85. The summed E-state index contributed by atoms with van der Waals surface area (Å²) in [7, 11) is 1.47. The number of hydrogen-bond acceptors (Lipinski definition) is 6. The molecule has 0 saturated carbocycles. The number of nitrogens with zero attached hydrogens (tertiary/aromatic N) is 2. The van der Waals surface area contributed by atoms with Crippen LogP contribution >= 0.6 is 0 Å². The predicted octanol–water partition coefficient (Wildman–Crippen LogP) is 5.31. The molecule has 5 rings (SSSR count). The van der Waals surface area contributed by atoms with Gasteiger partial charge in [0.1, 0.15) is 22.9 Å². The first-order valence-corrected chi connectivity index (χ1v) is 13.4. The molecule has 2 aromatic heterocycles. The molecule has 0 radical (unpaired) electrons. The molecule has 0 bridgehead atoms. The van der Waals surface area contributed by atoms with Gasteiger partial charge in [-0.25, -0.2) is 9.37 Å². The molecule has 9 heteroatoms. The number of methoxy groups -OCH3 is 1. The first-order valence-electron chi connectivity index (χ1n) is 13.4. The van der Waals surface area contributed by atoms with E-state index >= 15 is 4.39 Å². The van der Waals surface area contributed by atoms with Gasteiger partial charge in [0.15, 0.2) is 5.43 Å². The molecule has 3 N–H and O–H groups in total. The van der Waals surface area contributed by atoms with Crippen molar-refractivity contribution < 1.29 is 18.7 Å². The van der Waals surface area contributed by atoms with E-state index in [1.807, 2.05) is 29.8 Å². The number of ether oxygens (including phenoxy) is 2. The maximum atomic E-state index is 15.2. The highest BCUT2D eigenvalue weighted by Crippen LogP contribution is 2.36. The van der Waals surface area contributed by atoms with Gasteiger partial charge in [-0.15, -0.1) is 0 Å². The summed E-state index contributed by atoms with van der Waals surface area (Å²) >= 11 is 0. The molecule has 208 valence electrons. The van der Waals surface area contributed by atoms with E-state index in [1.54, 1.807) is 18.3 Å². The molecule has 2 aliphatic rings. The van der Waals surface area contributed by atoms with E-state index in [9.17, 15) is 9.59 Å². The van der Waals surface area contributed by atoms with Crippen LogP contribution in [0.4, 0.5) is 15.9 Å². The molecule has 1 amide bonds. The number of nitrogen functional groups attached to an aromatic ring is 1. The van der Waals surface area contributed by atoms with E-state index in [0.717, 1.165) is 18.4 Å². The minimum atomic E-state index is -0.615. The third-order valence-corrected chi connectivity index (χ3v) is 7.50. The van der Waals surface area contributed by atoms with Crippen molar-refractivity contribution in [1.29, 1.82) is 0 Å². The fraction of sp³-hybridized carbons (Fsp3) is 0.323. The van der Waals surface area contributed by atoms with Crippen LogP contribution in [0.25, 0.3) is 11.1 Å². The molecule has 1 aliphatic carbocycles.